The lowest BCUT2D eigenvalue weighted by Gasteiger charge is -2.18. The number of carbonyl (C=O) groups excluding carboxylic acids is 1. The van der Waals surface area contributed by atoms with Gasteiger partial charge in [0, 0.05) is 31.0 Å². The fourth-order valence-corrected chi connectivity index (χ4v) is 5.41. The zero-order chi connectivity index (χ0) is 21.7. The van der Waals surface area contributed by atoms with Gasteiger partial charge in [-0.2, -0.15) is 4.31 Å². The Morgan fingerprint density at radius 1 is 1.27 bits per heavy atom. The van der Waals surface area contributed by atoms with Gasteiger partial charge in [-0.3, -0.25) is 0 Å². The minimum atomic E-state index is -3.58. The van der Waals surface area contributed by atoms with Crippen LogP contribution in [0.5, 0.6) is 0 Å². The molecular weight excluding hydrogens is 428 g/mol. The SMILES string of the molecule is CCN(CC)S(=O)(=O)c1cccc(-c2nnc(SCCCN3CCOC3=O)n2N)c1. The number of rotatable bonds is 10. The summed E-state index contributed by atoms with van der Waals surface area (Å²) >= 11 is 1.43. The Labute approximate surface area is 180 Å². The molecule has 12 heteroatoms. The van der Waals surface area contributed by atoms with E-state index in [1.807, 2.05) is 0 Å². The number of hydrogen-bond acceptors (Lipinski definition) is 8. The van der Waals surface area contributed by atoms with Crippen LogP contribution in [0, 0.1) is 0 Å². The third-order valence-corrected chi connectivity index (χ3v) is 7.82. The van der Waals surface area contributed by atoms with Gasteiger partial charge >= 0.3 is 6.09 Å². The maximum absolute atomic E-state index is 12.8. The highest BCUT2D eigenvalue weighted by Gasteiger charge is 2.23. The monoisotopic (exact) mass is 454 g/mol. The first-order chi connectivity index (χ1) is 14.4. The molecule has 30 heavy (non-hydrogen) atoms. The van der Waals surface area contributed by atoms with Crippen LogP contribution < -0.4 is 5.84 Å². The summed E-state index contributed by atoms with van der Waals surface area (Å²) in [5.41, 5.74) is 0.574. The molecule has 164 valence electrons. The molecule has 2 heterocycles. The predicted molar refractivity (Wildman–Crippen MR) is 114 cm³/mol. The average Bonchev–Trinajstić information content (AvgIpc) is 3.31. The molecule has 2 N–H and O–H groups in total. The second-order valence-corrected chi connectivity index (χ2v) is 9.60. The normalized spacial score (nSPS) is 14.5. The molecule has 1 aromatic carbocycles. The Bertz CT molecular complexity index is 990. The van der Waals surface area contributed by atoms with Crippen molar-refractivity contribution in [1.82, 2.24) is 24.1 Å². The van der Waals surface area contributed by atoms with Crippen molar-refractivity contribution in [2.75, 3.05) is 44.4 Å². The van der Waals surface area contributed by atoms with Crippen LogP contribution in [0.25, 0.3) is 11.4 Å². The fraction of sp³-hybridized carbons (Fsp3) is 0.500. The number of nitrogens with zero attached hydrogens (tertiary/aromatic N) is 5. The van der Waals surface area contributed by atoms with Crippen LogP contribution in [0.3, 0.4) is 0 Å². The number of nitrogens with two attached hydrogens (primary N) is 1. The van der Waals surface area contributed by atoms with Gasteiger partial charge in [-0.25, -0.2) is 17.9 Å². The third kappa shape index (κ3) is 4.71. The number of carbonyl (C=O) groups is 1. The van der Waals surface area contributed by atoms with Crippen molar-refractivity contribution in [3.05, 3.63) is 24.3 Å². The maximum Gasteiger partial charge on any atom is 0.409 e. The Balaban J connectivity index is 1.69. The molecule has 0 unspecified atom stereocenters. The van der Waals surface area contributed by atoms with Gasteiger partial charge in [0.1, 0.15) is 6.61 Å². The Kier molecular flexibility index (Phi) is 7.21. The Hall–Kier alpha value is -2.31. The van der Waals surface area contributed by atoms with E-state index in [1.165, 1.54) is 20.7 Å². The van der Waals surface area contributed by atoms with Crippen LogP contribution in [0.2, 0.25) is 0 Å². The van der Waals surface area contributed by atoms with E-state index in [1.54, 1.807) is 43.0 Å². The number of thioether (sulfide) groups is 1. The molecule has 1 fully saturated rings. The maximum atomic E-state index is 12.8. The van der Waals surface area contributed by atoms with Crippen molar-refractivity contribution in [3.63, 3.8) is 0 Å². The van der Waals surface area contributed by atoms with Gasteiger partial charge in [-0.15, -0.1) is 10.2 Å². The van der Waals surface area contributed by atoms with Crippen molar-refractivity contribution in [2.24, 2.45) is 0 Å². The lowest BCUT2D eigenvalue weighted by atomic mass is 10.2. The highest BCUT2D eigenvalue weighted by molar-refractivity contribution is 7.99. The van der Waals surface area contributed by atoms with Crippen molar-refractivity contribution in [1.29, 1.82) is 0 Å². The lowest BCUT2D eigenvalue weighted by molar-refractivity contribution is 0.158. The first-order valence-electron chi connectivity index (χ1n) is 9.74. The summed E-state index contributed by atoms with van der Waals surface area (Å²) in [4.78, 5) is 13.3. The second kappa shape index (κ2) is 9.67. The number of ether oxygens (including phenoxy) is 1. The molecule has 0 aliphatic carbocycles. The molecule has 1 aliphatic heterocycles. The van der Waals surface area contributed by atoms with Gasteiger partial charge in [-0.05, 0) is 18.6 Å². The van der Waals surface area contributed by atoms with Gasteiger partial charge in [0.05, 0.1) is 11.4 Å². The lowest BCUT2D eigenvalue weighted by Crippen LogP contribution is -2.30. The number of sulfonamides is 1. The molecule has 3 rings (SSSR count). The summed E-state index contributed by atoms with van der Waals surface area (Å²) in [6.45, 7) is 6.07. The number of nitrogen functional groups attached to an aromatic ring is 1. The number of amides is 1. The summed E-state index contributed by atoms with van der Waals surface area (Å²) in [7, 11) is -3.58. The Morgan fingerprint density at radius 2 is 2.03 bits per heavy atom. The van der Waals surface area contributed by atoms with Crippen LogP contribution in [0.4, 0.5) is 4.79 Å². The zero-order valence-corrected chi connectivity index (χ0v) is 18.7. The number of hydrogen-bond donors (Lipinski definition) is 1. The molecule has 1 aromatic heterocycles. The number of cyclic esters (lactones) is 1. The van der Waals surface area contributed by atoms with E-state index in [4.69, 9.17) is 10.6 Å². The van der Waals surface area contributed by atoms with Gasteiger partial charge in [-0.1, -0.05) is 37.7 Å². The number of aromatic nitrogens is 3. The summed E-state index contributed by atoms with van der Waals surface area (Å²) < 4.78 is 33.2. The van der Waals surface area contributed by atoms with E-state index in [0.29, 0.717) is 55.1 Å². The fourth-order valence-electron chi connectivity index (χ4n) is 3.13. The quantitative estimate of drug-likeness (QED) is 0.326. The minimum Gasteiger partial charge on any atom is -0.448 e. The molecule has 1 aliphatic rings. The topological polar surface area (TPSA) is 124 Å². The standard InChI is InChI=1S/C18H26N6O4S2/c1-3-23(4-2)30(26,27)15-8-5-7-14(13-15)16-20-21-17(24(16)19)29-12-6-9-22-10-11-28-18(22)25/h5,7-8,13H,3-4,6,9-12,19H2,1-2H3. The van der Waals surface area contributed by atoms with E-state index in [0.717, 1.165) is 6.42 Å². The van der Waals surface area contributed by atoms with Crippen LogP contribution >= 0.6 is 11.8 Å². The molecule has 0 radical (unpaired) electrons. The van der Waals surface area contributed by atoms with E-state index in [2.05, 4.69) is 10.2 Å². The van der Waals surface area contributed by atoms with Crippen molar-refractivity contribution < 1.29 is 17.9 Å². The summed E-state index contributed by atoms with van der Waals surface area (Å²) in [6, 6.07) is 6.55. The molecule has 0 saturated carbocycles. The first-order valence-corrected chi connectivity index (χ1v) is 12.2. The predicted octanol–water partition coefficient (Wildman–Crippen LogP) is 1.62. The first kappa shape index (κ1) is 22.4. The highest BCUT2D eigenvalue weighted by Crippen LogP contribution is 2.25. The smallest absolute Gasteiger partial charge is 0.409 e. The molecule has 0 spiro atoms. The molecule has 0 atom stereocenters. The molecular formula is C18H26N6O4S2. The van der Waals surface area contributed by atoms with Crippen molar-refractivity contribution in [2.45, 2.75) is 30.3 Å². The van der Waals surface area contributed by atoms with Crippen LogP contribution in [0.15, 0.2) is 34.3 Å². The van der Waals surface area contributed by atoms with E-state index in [-0.39, 0.29) is 11.0 Å². The second-order valence-electron chi connectivity index (χ2n) is 6.60. The van der Waals surface area contributed by atoms with Gasteiger partial charge < -0.3 is 15.5 Å². The summed E-state index contributed by atoms with van der Waals surface area (Å²) in [6.07, 6.45) is 0.489. The van der Waals surface area contributed by atoms with E-state index >= 15 is 0 Å². The van der Waals surface area contributed by atoms with Crippen LogP contribution in [-0.2, 0) is 14.8 Å². The van der Waals surface area contributed by atoms with E-state index in [9.17, 15) is 13.2 Å². The average molecular weight is 455 g/mol. The molecule has 1 amide bonds. The Morgan fingerprint density at radius 3 is 2.70 bits per heavy atom. The van der Waals surface area contributed by atoms with Crippen LogP contribution in [0.1, 0.15) is 20.3 Å². The molecule has 1 saturated heterocycles. The van der Waals surface area contributed by atoms with Crippen molar-refractivity contribution >= 4 is 27.9 Å². The zero-order valence-electron chi connectivity index (χ0n) is 17.0. The third-order valence-electron chi connectivity index (χ3n) is 4.75. The van der Waals surface area contributed by atoms with Gasteiger partial charge in [0.15, 0.2) is 5.82 Å². The van der Waals surface area contributed by atoms with E-state index < -0.39 is 10.0 Å². The highest BCUT2D eigenvalue weighted by atomic mass is 32.2. The molecule has 0 bridgehead atoms. The largest absolute Gasteiger partial charge is 0.448 e. The van der Waals surface area contributed by atoms with Gasteiger partial charge in [0.25, 0.3) is 0 Å². The number of benzene rings is 1. The molecule has 10 nitrogen and oxygen atoms in total. The van der Waals surface area contributed by atoms with Crippen LogP contribution in [-0.4, -0.2) is 77.1 Å². The van der Waals surface area contributed by atoms with Crippen molar-refractivity contribution in [3.8, 4) is 11.4 Å². The summed E-state index contributed by atoms with van der Waals surface area (Å²) in [5, 5.41) is 8.78. The molecule has 2 aromatic rings. The van der Waals surface area contributed by atoms with Gasteiger partial charge in [0.2, 0.25) is 15.2 Å². The minimum absolute atomic E-state index is 0.193. The summed E-state index contributed by atoms with van der Waals surface area (Å²) in [5.74, 6) is 7.25.